The van der Waals surface area contributed by atoms with Crippen LogP contribution >= 0.6 is 23.2 Å². The summed E-state index contributed by atoms with van der Waals surface area (Å²) in [6.45, 7) is 0. The molecule has 142 valence electrons. The van der Waals surface area contributed by atoms with Gasteiger partial charge in [0.25, 0.3) is 10.0 Å². The fraction of sp³-hybridized carbons (Fsp3) is 0.611. The van der Waals surface area contributed by atoms with E-state index < -0.39 is 10.0 Å². The first-order valence-corrected chi connectivity index (χ1v) is 11.2. The normalized spacial score (nSPS) is 32.6. The fourth-order valence-corrected chi connectivity index (χ4v) is 7.38. The highest BCUT2D eigenvalue weighted by atomic mass is 35.5. The molecule has 0 heterocycles. The summed E-state index contributed by atoms with van der Waals surface area (Å²) in [4.78, 5) is 14.5. The number of halogens is 2. The van der Waals surface area contributed by atoms with Gasteiger partial charge in [0.1, 0.15) is 4.90 Å². The molecule has 0 aromatic heterocycles. The third kappa shape index (κ3) is 3.61. The van der Waals surface area contributed by atoms with Gasteiger partial charge >= 0.3 is 0 Å². The smallest absolute Gasteiger partial charge is 0.258 e. The van der Waals surface area contributed by atoms with Crippen LogP contribution in [0.15, 0.2) is 23.1 Å². The molecule has 1 aromatic rings. The average molecular weight is 417 g/mol. The molecule has 5 rings (SSSR count). The molecular formula is C18H22Cl2N2O3S. The Morgan fingerprint density at radius 1 is 1.08 bits per heavy atom. The zero-order valence-electron chi connectivity index (χ0n) is 14.3. The van der Waals surface area contributed by atoms with Crippen molar-refractivity contribution >= 4 is 39.1 Å². The van der Waals surface area contributed by atoms with Gasteiger partial charge in [0.2, 0.25) is 5.91 Å². The third-order valence-electron chi connectivity index (χ3n) is 6.21. The van der Waals surface area contributed by atoms with Crippen LogP contribution in [0.25, 0.3) is 0 Å². The van der Waals surface area contributed by atoms with Crippen molar-refractivity contribution in [3.05, 3.63) is 28.2 Å². The molecule has 0 spiro atoms. The SMILES string of the molecule is O=C(CC12CC3CC(CC(C3)C1)C2)NNS(=O)(=O)c1cc(Cl)ccc1Cl. The van der Waals surface area contributed by atoms with Crippen LogP contribution in [0.4, 0.5) is 0 Å². The number of rotatable bonds is 5. The zero-order valence-corrected chi connectivity index (χ0v) is 16.6. The second kappa shape index (κ2) is 6.66. The number of hydrogen-bond acceptors (Lipinski definition) is 3. The van der Waals surface area contributed by atoms with E-state index in [1.807, 2.05) is 0 Å². The summed E-state index contributed by atoms with van der Waals surface area (Å²) in [5.41, 5.74) is 2.42. The molecule has 0 radical (unpaired) electrons. The van der Waals surface area contributed by atoms with Gasteiger partial charge in [-0.3, -0.25) is 10.2 Å². The van der Waals surface area contributed by atoms with Crippen molar-refractivity contribution in [3.8, 4) is 0 Å². The van der Waals surface area contributed by atoms with E-state index in [0.29, 0.717) is 6.42 Å². The van der Waals surface area contributed by atoms with Crippen molar-refractivity contribution in [3.63, 3.8) is 0 Å². The van der Waals surface area contributed by atoms with Crippen molar-refractivity contribution in [1.82, 2.24) is 10.3 Å². The molecule has 0 aliphatic heterocycles. The molecule has 1 aromatic carbocycles. The van der Waals surface area contributed by atoms with Crippen LogP contribution in [0.1, 0.15) is 44.9 Å². The lowest BCUT2D eigenvalue weighted by molar-refractivity contribution is -0.129. The predicted octanol–water partition coefficient (Wildman–Crippen LogP) is 3.91. The van der Waals surface area contributed by atoms with E-state index in [1.165, 1.54) is 37.5 Å². The average Bonchev–Trinajstić information content (AvgIpc) is 2.53. The molecule has 26 heavy (non-hydrogen) atoms. The summed E-state index contributed by atoms with van der Waals surface area (Å²) in [5, 5.41) is 0.312. The third-order valence-corrected chi connectivity index (χ3v) is 8.17. The Morgan fingerprint density at radius 3 is 2.23 bits per heavy atom. The molecule has 4 aliphatic rings. The van der Waals surface area contributed by atoms with Gasteiger partial charge in [-0.15, -0.1) is 4.83 Å². The standard InChI is InChI=1S/C18H22Cl2N2O3S/c19-14-1-2-15(20)16(6-14)26(24,25)22-21-17(23)10-18-7-11-3-12(8-18)5-13(4-11)9-18/h1-2,6,11-13,22H,3-5,7-10H2,(H,21,23). The van der Waals surface area contributed by atoms with Crippen molar-refractivity contribution in [2.24, 2.45) is 23.2 Å². The van der Waals surface area contributed by atoms with E-state index in [2.05, 4.69) is 10.3 Å². The predicted molar refractivity (Wildman–Crippen MR) is 100 cm³/mol. The largest absolute Gasteiger partial charge is 0.278 e. The molecule has 4 aliphatic carbocycles. The van der Waals surface area contributed by atoms with Gasteiger partial charge in [-0.2, -0.15) is 0 Å². The Bertz CT molecular complexity index is 806. The Morgan fingerprint density at radius 2 is 1.65 bits per heavy atom. The number of amides is 1. The van der Waals surface area contributed by atoms with Crippen molar-refractivity contribution < 1.29 is 13.2 Å². The lowest BCUT2D eigenvalue weighted by Crippen LogP contribution is -2.50. The Kier molecular flexibility index (Phi) is 4.75. The molecule has 4 bridgehead atoms. The van der Waals surface area contributed by atoms with E-state index in [4.69, 9.17) is 23.2 Å². The number of benzene rings is 1. The lowest BCUT2D eigenvalue weighted by Gasteiger charge is -2.56. The van der Waals surface area contributed by atoms with Gasteiger partial charge in [-0.05, 0) is 79.9 Å². The first-order chi connectivity index (χ1) is 12.2. The number of hydrogen-bond donors (Lipinski definition) is 2. The van der Waals surface area contributed by atoms with Crippen LogP contribution in [0.2, 0.25) is 10.0 Å². The monoisotopic (exact) mass is 416 g/mol. The van der Waals surface area contributed by atoms with Gasteiger partial charge in [-0.25, -0.2) is 8.42 Å². The number of hydrazine groups is 1. The molecule has 8 heteroatoms. The molecular weight excluding hydrogens is 395 g/mol. The van der Waals surface area contributed by atoms with Crippen molar-refractivity contribution in [1.29, 1.82) is 0 Å². The Labute approximate surface area is 163 Å². The maximum absolute atomic E-state index is 12.5. The second-order valence-electron chi connectivity index (χ2n) is 8.32. The molecule has 4 fully saturated rings. The van der Waals surface area contributed by atoms with Crippen LogP contribution in [-0.2, 0) is 14.8 Å². The Balaban J connectivity index is 1.40. The minimum Gasteiger partial charge on any atom is -0.278 e. The molecule has 0 unspecified atom stereocenters. The topological polar surface area (TPSA) is 75.3 Å². The first-order valence-electron chi connectivity index (χ1n) is 9.00. The van der Waals surface area contributed by atoms with E-state index >= 15 is 0 Å². The van der Waals surface area contributed by atoms with Crippen molar-refractivity contribution in [2.45, 2.75) is 49.8 Å². The maximum atomic E-state index is 12.5. The number of sulfonamides is 1. The summed E-state index contributed by atoms with van der Waals surface area (Å²) < 4.78 is 24.8. The van der Waals surface area contributed by atoms with Gasteiger partial charge in [0.15, 0.2) is 0 Å². The van der Waals surface area contributed by atoms with E-state index in [0.717, 1.165) is 37.0 Å². The molecule has 2 N–H and O–H groups in total. The number of nitrogens with one attached hydrogen (secondary N) is 2. The minimum atomic E-state index is -3.97. The second-order valence-corrected chi connectivity index (χ2v) is 10.8. The summed E-state index contributed by atoms with van der Waals surface area (Å²) in [6.07, 6.45) is 7.59. The molecule has 0 atom stereocenters. The van der Waals surface area contributed by atoms with Gasteiger partial charge in [0, 0.05) is 11.4 Å². The number of carbonyl (C=O) groups excluding carboxylic acids is 1. The summed E-state index contributed by atoms with van der Waals surface area (Å²) >= 11 is 11.8. The highest BCUT2D eigenvalue weighted by Gasteiger charge is 2.51. The zero-order chi connectivity index (χ0) is 18.5. The quantitative estimate of drug-likeness (QED) is 0.714. The summed E-state index contributed by atoms with van der Waals surface area (Å²) in [5.74, 6) is 1.96. The molecule has 1 amide bonds. The highest BCUT2D eigenvalue weighted by molar-refractivity contribution is 7.89. The number of carbonyl (C=O) groups is 1. The van der Waals surface area contributed by atoms with Gasteiger partial charge < -0.3 is 0 Å². The van der Waals surface area contributed by atoms with Crippen LogP contribution in [0.5, 0.6) is 0 Å². The molecule has 0 saturated heterocycles. The van der Waals surface area contributed by atoms with Crippen molar-refractivity contribution in [2.75, 3.05) is 0 Å². The first kappa shape index (κ1) is 18.5. The Hall–Kier alpha value is -0.820. The van der Waals surface area contributed by atoms with Gasteiger partial charge in [0.05, 0.1) is 5.02 Å². The van der Waals surface area contributed by atoms with Gasteiger partial charge in [-0.1, -0.05) is 23.2 Å². The van der Waals surface area contributed by atoms with E-state index in [1.54, 1.807) is 0 Å². The summed E-state index contributed by atoms with van der Waals surface area (Å²) in [7, 11) is -3.97. The van der Waals surface area contributed by atoms with Crippen LogP contribution in [0.3, 0.4) is 0 Å². The maximum Gasteiger partial charge on any atom is 0.258 e. The molecule has 4 saturated carbocycles. The molecule has 5 nitrogen and oxygen atoms in total. The van der Waals surface area contributed by atoms with E-state index in [-0.39, 0.29) is 26.3 Å². The fourth-order valence-electron chi connectivity index (χ4n) is 5.75. The van der Waals surface area contributed by atoms with Crippen LogP contribution < -0.4 is 10.3 Å². The highest BCUT2D eigenvalue weighted by Crippen LogP contribution is 2.61. The lowest BCUT2D eigenvalue weighted by atomic mass is 9.49. The van der Waals surface area contributed by atoms with Crippen LogP contribution in [0, 0.1) is 23.2 Å². The minimum absolute atomic E-state index is 0.0530. The van der Waals surface area contributed by atoms with Crippen LogP contribution in [-0.4, -0.2) is 14.3 Å². The van der Waals surface area contributed by atoms with E-state index in [9.17, 15) is 13.2 Å². The summed E-state index contributed by atoms with van der Waals surface area (Å²) in [6, 6.07) is 4.18.